The lowest BCUT2D eigenvalue weighted by atomic mass is 9.85. The number of Topliss-reactive ketones (excluding diaryl/α,β-unsaturated/α-hetero) is 1. The number of ether oxygens (including phenoxy) is 1. The Morgan fingerprint density at radius 1 is 1.34 bits per heavy atom. The average Bonchev–Trinajstić information content (AvgIpc) is 3.19. The van der Waals surface area contributed by atoms with E-state index in [9.17, 15) is 9.59 Å². The average molecular weight is 443 g/mol. The molecule has 1 heterocycles. The fraction of sp³-hybridized carbons (Fsp3) is 0.391. The van der Waals surface area contributed by atoms with E-state index in [1.807, 2.05) is 43.2 Å². The molecule has 9 heteroatoms. The lowest BCUT2D eigenvalue weighted by molar-refractivity contribution is -0.143. The van der Waals surface area contributed by atoms with Crippen molar-refractivity contribution in [2.75, 3.05) is 13.2 Å². The minimum Gasteiger partial charge on any atom is -0.481 e. The number of benzene rings is 1. The number of carboxylic acid groups (broad SMARTS) is 1. The Kier molecular flexibility index (Phi) is 8.71. The van der Waals surface area contributed by atoms with Gasteiger partial charge in [-0.05, 0) is 30.6 Å². The molecular formula is C23H30N4O5. The number of amidine groups is 1. The summed E-state index contributed by atoms with van der Waals surface area (Å²) >= 11 is 0. The summed E-state index contributed by atoms with van der Waals surface area (Å²) in [5, 5.41) is 17.7. The summed E-state index contributed by atoms with van der Waals surface area (Å²) in [5.74, 6) is -1.07. The second-order valence-electron chi connectivity index (χ2n) is 7.55. The first-order valence-corrected chi connectivity index (χ1v) is 10.3. The highest BCUT2D eigenvalue weighted by atomic mass is 16.5. The lowest BCUT2D eigenvalue weighted by Gasteiger charge is -2.27. The SMILES string of the molecule is CC(=O)O.CCOC(C(=O)NCc1ccc(C(=N)N)cc1)N1C=C2C(C)=CCC(=O)C2C1. The lowest BCUT2D eigenvalue weighted by Crippen LogP contribution is -2.46. The zero-order valence-corrected chi connectivity index (χ0v) is 18.6. The number of hydrogen-bond acceptors (Lipinski definition) is 6. The highest BCUT2D eigenvalue weighted by Crippen LogP contribution is 2.34. The molecule has 2 atom stereocenters. The van der Waals surface area contributed by atoms with Crippen molar-refractivity contribution in [3.8, 4) is 0 Å². The van der Waals surface area contributed by atoms with Crippen LogP contribution in [0.25, 0.3) is 0 Å². The molecule has 32 heavy (non-hydrogen) atoms. The molecule has 1 aliphatic heterocycles. The Labute approximate surface area is 187 Å². The number of carbonyl (C=O) groups excluding carboxylic acids is 2. The van der Waals surface area contributed by atoms with Gasteiger partial charge in [0.15, 0.2) is 0 Å². The molecule has 0 fully saturated rings. The third kappa shape index (κ3) is 6.52. The van der Waals surface area contributed by atoms with Gasteiger partial charge in [-0.1, -0.05) is 30.3 Å². The zero-order chi connectivity index (χ0) is 23.8. The maximum atomic E-state index is 12.8. The van der Waals surface area contributed by atoms with Crippen LogP contribution in [0.3, 0.4) is 0 Å². The maximum absolute atomic E-state index is 12.8. The van der Waals surface area contributed by atoms with Crippen LogP contribution in [0.15, 0.2) is 47.7 Å². The number of carbonyl (C=O) groups is 3. The molecule has 2 aliphatic rings. The van der Waals surface area contributed by atoms with E-state index in [-0.39, 0.29) is 23.4 Å². The largest absolute Gasteiger partial charge is 0.481 e. The third-order valence-corrected chi connectivity index (χ3v) is 5.11. The Morgan fingerprint density at radius 3 is 2.50 bits per heavy atom. The second-order valence-corrected chi connectivity index (χ2v) is 7.55. The van der Waals surface area contributed by atoms with Crippen molar-refractivity contribution in [3.63, 3.8) is 0 Å². The molecule has 0 saturated carbocycles. The molecule has 0 bridgehead atoms. The van der Waals surface area contributed by atoms with E-state index in [4.69, 9.17) is 25.8 Å². The number of nitrogens with zero attached hydrogens (tertiary/aromatic N) is 1. The molecule has 0 saturated heterocycles. The van der Waals surface area contributed by atoms with E-state index in [1.54, 1.807) is 12.1 Å². The number of amides is 1. The van der Waals surface area contributed by atoms with Gasteiger partial charge < -0.3 is 25.8 Å². The Bertz CT molecular complexity index is 932. The minimum absolute atomic E-state index is 0.00873. The fourth-order valence-electron chi connectivity index (χ4n) is 3.52. The Hall–Kier alpha value is -3.46. The number of hydrogen-bond donors (Lipinski definition) is 4. The number of carboxylic acids is 1. The topological polar surface area (TPSA) is 146 Å². The van der Waals surface area contributed by atoms with E-state index in [0.717, 1.165) is 23.6 Å². The molecule has 172 valence electrons. The van der Waals surface area contributed by atoms with Gasteiger partial charge in [0.1, 0.15) is 11.6 Å². The van der Waals surface area contributed by atoms with Gasteiger partial charge in [-0.2, -0.15) is 0 Å². The van der Waals surface area contributed by atoms with Gasteiger partial charge in [0, 0.05) is 44.8 Å². The normalized spacial score (nSPS) is 17.9. The van der Waals surface area contributed by atoms with Crippen molar-refractivity contribution in [2.45, 2.75) is 40.0 Å². The summed E-state index contributed by atoms with van der Waals surface area (Å²) in [6, 6.07) is 7.15. The molecule has 0 aromatic heterocycles. The van der Waals surface area contributed by atoms with Crippen molar-refractivity contribution >= 4 is 23.5 Å². The smallest absolute Gasteiger partial charge is 0.300 e. The molecular weight excluding hydrogens is 412 g/mol. The molecule has 0 spiro atoms. The summed E-state index contributed by atoms with van der Waals surface area (Å²) in [4.78, 5) is 35.8. The van der Waals surface area contributed by atoms with Gasteiger partial charge in [-0.3, -0.25) is 19.8 Å². The first-order valence-electron chi connectivity index (χ1n) is 10.3. The summed E-state index contributed by atoms with van der Waals surface area (Å²) in [7, 11) is 0. The molecule has 1 aliphatic carbocycles. The molecule has 5 N–H and O–H groups in total. The van der Waals surface area contributed by atoms with E-state index in [1.165, 1.54) is 0 Å². The summed E-state index contributed by atoms with van der Waals surface area (Å²) in [6.45, 7) is 6.11. The molecule has 9 nitrogen and oxygen atoms in total. The van der Waals surface area contributed by atoms with Crippen molar-refractivity contribution in [1.29, 1.82) is 5.41 Å². The highest BCUT2D eigenvalue weighted by Gasteiger charge is 2.37. The van der Waals surface area contributed by atoms with E-state index < -0.39 is 12.2 Å². The summed E-state index contributed by atoms with van der Waals surface area (Å²) in [5.41, 5.74) is 9.07. The van der Waals surface area contributed by atoms with Gasteiger partial charge >= 0.3 is 0 Å². The highest BCUT2D eigenvalue weighted by molar-refractivity contribution is 5.94. The van der Waals surface area contributed by atoms with E-state index >= 15 is 0 Å². The number of ketones is 1. The quantitative estimate of drug-likeness (QED) is 0.372. The molecule has 2 unspecified atom stereocenters. The summed E-state index contributed by atoms with van der Waals surface area (Å²) < 4.78 is 5.70. The third-order valence-electron chi connectivity index (χ3n) is 5.11. The molecule has 1 aromatic carbocycles. The molecule has 1 aromatic rings. The molecule has 0 radical (unpaired) electrons. The van der Waals surface area contributed by atoms with Crippen LogP contribution < -0.4 is 11.1 Å². The van der Waals surface area contributed by atoms with Gasteiger partial charge in [0.25, 0.3) is 11.9 Å². The fourth-order valence-corrected chi connectivity index (χ4v) is 3.52. The van der Waals surface area contributed by atoms with Crippen LogP contribution in [-0.2, 0) is 25.7 Å². The first kappa shape index (κ1) is 24.8. The predicted molar refractivity (Wildman–Crippen MR) is 120 cm³/mol. The van der Waals surface area contributed by atoms with Crippen LogP contribution in [0.4, 0.5) is 0 Å². The van der Waals surface area contributed by atoms with Crippen LogP contribution in [-0.4, -0.2) is 52.9 Å². The van der Waals surface area contributed by atoms with Gasteiger partial charge in [0.2, 0.25) is 6.23 Å². The number of nitrogens with one attached hydrogen (secondary N) is 2. The number of allylic oxidation sites excluding steroid dienone is 2. The van der Waals surface area contributed by atoms with Crippen molar-refractivity contribution in [2.24, 2.45) is 11.7 Å². The number of fused-ring (bicyclic) bond motifs is 1. The number of aliphatic carboxylic acids is 1. The molecule has 1 amide bonds. The molecule has 3 rings (SSSR count). The Morgan fingerprint density at radius 2 is 1.97 bits per heavy atom. The van der Waals surface area contributed by atoms with Gasteiger partial charge in [-0.15, -0.1) is 0 Å². The number of nitrogen functional groups attached to an aromatic ring is 1. The first-order chi connectivity index (χ1) is 15.1. The van der Waals surface area contributed by atoms with Crippen molar-refractivity contribution < 1.29 is 24.2 Å². The maximum Gasteiger partial charge on any atom is 0.300 e. The van der Waals surface area contributed by atoms with Crippen LogP contribution in [0, 0.1) is 11.3 Å². The summed E-state index contributed by atoms with van der Waals surface area (Å²) in [6.07, 6.45) is 3.49. The second kappa shape index (κ2) is 11.2. The van der Waals surface area contributed by atoms with E-state index in [0.29, 0.717) is 31.7 Å². The number of nitrogens with two attached hydrogens (primary N) is 1. The van der Waals surface area contributed by atoms with Crippen LogP contribution in [0.5, 0.6) is 0 Å². The standard InChI is InChI=1S/C21H26N4O3.C2H4O2/c1-3-28-21(25-11-16-13(2)4-9-18(26)17(16)12-25)20(27)24-10-14-5-7-15(8-6-14)19(22)23;1-2(3)4/h4-8,11,17,21H,3,9-10,12H2,1-2H3,(H3,22,23)(H,24,27);1H3,(H,3,4). The van der Waals surface area contributed by atoms with E-state index in [2.05, 4.69) is 5.32 Å². The van der Waals surface area contributed by atoms with Crippen molar-refractivity contribution in [3.05, 3.63) is 58.8 Å². The Balaban J connectivity index is 0.000000837. The van der Waals surface area contributed by atoms with Crippen LogP contribution in [0.1, 0.15) is 38.3 Å². The van der Waals surface area contributed by atoms with Crippen LogP contribution in [0.2, 0.25) is 0 Å². The van der Waals surface area contributed by atoms with Crippen molar-refractivity contribution in [1.82, 2.24) is 10.2 Å². The van der Waals surface area contributed by atoms with Gasteiger partial charge in [0.05, 0.1) is 5.92 Å². The zero-order valence-electron chi connectivity index (χ0n) is 18.6. The van der Waals surface area contributed by atoms with Crippen LogP contribution >= 0.6 is 0 Å². The number of rotatable bonds is 7. The monoisotopic (exact) mass is 442 g/mol. The minimum atomic E-state index is -0.833. The predicted octanol–water partition coefficient (Wildman–Crippen LogP) is 1.78. The van der Waals surface area contributed by atoms with Gasteiger partial charge in [-0.25, -0.2) is 0 Å².